The molecule has 0 amide bonds. The van der Waals surface area contributed by atoms with Crippen LogP contribution in [0.1, 0.15) is 10.4 Å². The minimum absolute atomic E-state index is 0.0104. The third-order valence-corrected chi connectivity index (χ3v) is 2.14. The van der Waals surface area contributed by atoms with Crippen LogP contribution in [-0.4, -0.2) is 16.2 Å². The number of phenolic OH excluding ortho intramolecular Hbond substituents is 1. The van der Waals surface area contributed by atoms with Gasteiger partial charge in [0.1, 0.15) is 11.4 Å². The van der Waals surface area contributed by atoms with Crippen LogP contribution in [0.4, 0.5) is 11.4 Å². The number of hydrogen-bond acceptors (Lipinski definition) is 4. The fraction of sp³-hybridized carbons (Fsp3) is 0. The van der Waals surface area contributed by atoms with E-state index in [4.69, 9.17) is 10.2 Å². The van der Waals surface area contributed by atoms with Gasteiger partial charge in [-0.3, -0.25) is 0 Å². The molecule has 0 saturated heterocycles. The molecule has 0 bridgehead atoms. The molecule has 0 aliphatic heterocycles. The van der Waals surface area contributed by atoms with Gasteiger partial charge in [-0.15, -0.1) is 5.11 Å². The molecule has 0 radical (unpaired) electrons. The van der Waals surface area contributed by atoms with Crippen LogP contribution in [-0.2, 0) is 0 Å². The first-order chi connectivity index (χ1) is 8.66. The number of carboxylic acid groups (broad SMARTS) is 1. The molecule has 88 valence electrons. The lowest BCUT2D eigenvalue weighted by Crippen LogP contribution is -1.94. The summed E-state index contributed by atoms with van der Waals surface area (Å²) < 4.78 is 0. The molecule has 5 nitrogen and oxygen atoms in total. The van der Waals surface area contributed by atoms with Crippen molar-refractivity contribution in [1.82, 2.24) is 0 Å². The number of aromatic hydroxyl groups is 1. The predicted octanol–water partition coefficient (Wildman–Crippen LogP) is 3.11. The van der Waals surface area contributed by atoms with Crippen LogP contribution in [0.5, 0.6) is 5.75 Å². The Labute approximate surface area is 103 Å². The number of carboxylic acids is 1. The van der Waals surface area contributed by atoms with Crippen molar-refractivity contribution in [3.8, 4) is 5.75 Å². The second-order valence-corrected chi connectivity index (χ2v) is 3.40. The molecule has 0 atom stereocenters. The van der Waals surface area contributed by atoms with Gasteiger partial charge < -0.3 is 10.2 Å². The van der Waals surface area contributed by atoms with Gasteiger partial charge in [0.25, 0.3) is 0 Å². The zero-order chi connectivity index (χ0) is 13.0. The Morgan fingerprint density at radius 1 is 1.06 bits per heavy atom. The Bertz CT molecular complexity index is 591. The molecule has 0 saturated carbocycles. The van der Waals surface area contributed by atoms with E-state index in [0.29, 0.717) is 5.69 Å². The monoisotopic (exact) mass is 240 g/mol. The van der Waals surface area contributed by atoms with Crippen LogP contribution in [0.2, 0.25) is 0 Å². The molecule has 0 fully saturated rings. The van der Waals surface area contributed by atoms with Gasteiger partial charge in [0.15, 0.2) is 0 Å². The van der Waals surface area contributed by atoms with E-state index >= 15 is 0 Å². The molecule has 2 aromatic rings. The highest BCUT2D eigenvalue weighted by Gasteiger charge is 2.07. The molecule has 5 heteroatoms. The van der Waals surface area contributed by atoms with Crippen LogP contribution in [0, 0.1) is 12.1 Å². The van der Waals surface area contributed by atoms with E-state index in [0.717, 1.165) is 0 Å². The fourth-order valence-corrected chi connectivity index (χ4v) is 1.26. The zero-order valence-corrected chi connectivity index (χ0v) is 9.16. The third-order valence-electron chi connectivity index (χ3n) is 2.14. The van der Waals surface area contributed by atoms with E-state index in [-0.39, 0.29) is 17.0 Å². The lowest BCUT2D eigenvalue weighted by Gasteiger charge is -1.96. The summed E-state index contributed by atoms with van der Waals surface area (Å²) in [5.74, 6) is -0.970. The molecule has 0 aromatic heterocycles. The summed E-state index contributed by atoms with van der Waals surface area (Å²) in [5, 5.41) is 25.7. The summed E-state index contributed by atoms with van der Waals surface area (Å²) in [6, 6.07) is 13.9. The average molecular weight is 240 g/mol. The summed E-state index contributed by atoms with van der Waals surface area (Å²) in [5.41, 5.74) is 0.725. The number of azo groups is 1. The number of rotatable bonds is 3. The van der Waals surface area contributed by atoms with Gasteiger partial charge in [-0.2, -0.15) is 5.11 Å². The first-order valence-corrected chi connectivity index (χ1v) is 5.02. The minimum Gasteiger partial charge on any atom is -0.508 e. The maximum atomic E-state index is 10.9. The lowest BCUT2D eigenvalue weighted by molar-refractivity contribution is 0.0698. The maximum absolute atomic E-state index is 10.9. The number of aromatic carboxylic acids is 1. The summed E-state index contributed by atoms with van der Waals surface area (Å²) in [4.78, 5) is 10.9. The van der Waals surface area contributed by atoms with Crippen LogP contribution < -0.4 is 0 Å². The fourth-order valence-electron chi connectivity index (χ4n) is 1.26. The van der Waals surface area contributed by atoms with Crippen molar-refractivity contribution >= 4 is 17.3 Å². The second-order valence-electron chi connectivity index (χ2n) is 3.40. The van der Waals surface area contributed by atoms with Gasteiger partial charge in [-0.25, -0.2) is 4.79 Å². The minimum atomic E-state index is -1.10. The van der Waals surface area contributed by atoms with Crippen molar-refractivity contribution in [2.75, 3.05) is 0 Å². The molecular weight excluding hydrogens is 232 g/mol. The summed E-state index contributed by atoms with van der Waals surface area (Å²) in [7, 11) is 0. The van der Waals surface area contributed by atoms with Crippen molar-refractivity contribution < 1.29 is 15.0 Å². The van der Waals surface area contributed by atoms with Crippen LogP contribution in [0.3, 0.4) is 0 Å². The number of carbonyl (C=O) groups is 1. The van der Waals surface area contributed by atoms with Crippen molar-refractivity contribution in [3.63, 3.8) is 0 Å². The number of nitrogens with zero attached hydrogens (tertiary/aromatic N) is 2. The molecule has 0 unspecified atom stereocenters. The van der Waals surface area contributed by atoms with Crippen molar-refractivity contribution in [2.24, 2.45) is 10.2 Å². The van der Waals surface area contributed by atoms with Gasteiger partial charge in [-0.1, -0.05) is 12.1 Å². The second kappa shape index (κ2) is 4.97. The largest absolute Gasteiger partial charge is 0.508 e. The van der Waals surface area contributed by atoms with Crippen molar-refractivity contribution in [3.05, 3.63) is 54.1 Å². The highest BCUT2D eigenvalue weighted by atomic mass is 16.4. The van der Waals surface area contributed by atoms with Crippen LogP contribution >= 0.6 is 0 Å². The summed E-state index contributed by atoms with van der Waals surface area (Å²) in [6.07, 6.45) is 0. The standard InChI is InChI=1S/C13H8N2O3/c16-10-7-5-9(6-8-10)14-15-12-4-2-1-3-11(12)13(17)18/h3-8,16H,(H,17,18). The Hall–Kier alpha value is -2.87. The molecule has 0 spiro atoms. The Kier molecular flexibility index (Phi) is 3.21. The Morgan fingerprint density at radius 2 is 1.72 bits per heavy atom. The number of benzene rings is 1. The van der Waals surface area contributed by atoms with Gasteiger partial charge in [0, 0.05) is 12.1 Å². The molecule has 2 N–H and O–H groups in total. The number of hydrogen-bond donors (Lipinski definition) is 2. The molecule has 0 heterocycles. The Morgan fingerprint density at radius 3 is 2.39 bits per heavy atom. The third kappa shape index (κ3) is 2.62. The van der Waals surface area contributed by atoms with Crippen molar-refractivity contribution in [2.45, 2.75) is 0 Å². The molecule has 18 heavy (non-hydrogen) atoms. The normalized spacial score (nSPS) is 10.2. The van der Waals surface area contributed by atoms with Gasteiger partial charge in [0.05, 0.1) is 11.3 Å². The summed E-state index contributed by atoms with van der Waals surface area (Å²) in [6.45, 7) is 0. The van der Waals surface area contributed by atoms with Gasteiger partial charge >= 0.3 is 5.97 Å². The smallest absolute Gasteiger partial charge is 0.338 e. The molecular formula is C13H8N2O3. The van der Waals surface area contributed by atoms with E-state index in [1.165, 1.54) is 24.3 Å². The highest BCUT2D eigenvalue weighted by molar-refractivity contribution is 5.92. The van der Waals surface area contributed by atoms with Crippen LogP contribution in [0.15, 0.2) is 46.6 Å². The van der Waals surface area contributed by atoms with Gasteiger partial charge in [-0.05, 0) is 24.3 Å². The van der Waals surface area contributed by atoms with E-state index in [1.54, 1.807) is 12.1 Å². The van der Waals surface area contributed by atoms with E-state index in [2.05, 4.69) is 22.4 Å². The van der Waals surface area contributed by atoms with E-state index in [9.17, 15) is 4.79 Å². The zero-order valence-electron chi connectivity index (χ0n) is 9.16. The topological polar surface area (TPSA) is 82.2 Å². The first kappa shape index (κ1) is 11.6. The van der Waals surface area contributed by atoms with E-state index in [1.807, 2.05) is 0 Å². The SMILES string of the molecule is O=C(O)c1cc#ccc1N=Nc1ccc(O)cc1. The Balaban J connectivity index is 2.29. The maximum Gasteiger partial charge on any atom is 0.338 e. The lowest BCUT2D eigenvalue weighted by atomic mass is 10.2. The first-order valence-electron chi connectivity index (χ1n) is 5.02. The van der Waals surface area contributed by atoms with Crippen molar-refractivity contribution in [1.29, 1.82) is 0 Å². The molecule has 2 aromatic carbocycles. The molecule has 0 aliphatic carbocycles. The van der Waals surface area contributed by atoms with Crippen LogP contribution in [0.25, 0.3) is 0 Å². The quantitative estimate of drug-likeness (QED) is 0.808. The average Bonchev–Trinajstić information content (AvgIpc) is 2.38. The molecule has 2 rings (SSSR count). The summed E-state index contributed by atoms with van der Waals surface area (Å²) >= 11 is 0. The van der Waals surface area contributed by atoms with Gasteiger partial charge in [0.2, 0.25) is 0 Å². The number of phenols is 1. The van der Waals surface area contributed by atoms with E-state index < -0.39 is 5.97 Å². The molecule has 0 aliphatic rings. The predicted molar refractivity (Wildman–Crippen MR) is 63.4 cm³/mol. The highest BCUT2D eigenvalue weighted by Crippen LogP contribution is 2.22.